The van der Waals surface area contributed by atoms with E-state index in [1.807, 2.05) is 24.3 Å². The van der Waals surface area contributed by atoms with E-state index in [9.17, 15) is 19.8 Å². The van der Waals surface area contributed by atoms with Crippen LogP contribution in [0, 0.1) is 0 Å². The lowest BCUT2D eigenvalue weighted by Gasteiger charge is -2.24. The van der Waals surface area contributed by atoms with Crippen molar-refractivity contribution >= 4 is 11.9 Å². The number of esters is 1. The molecule has 3 N–H and O–H groups in total. The van der Waals surface area contributed by atoms with Crippen molar-refractivity contribution in [3.8, 4) is 0 Å². The summed E-state index contributed by atoms with van der Waals surface area (Å²) in [5, 5.41) is 23.8. The van der Waals surface area contributed by atoms with Crippen LogP contribution in [-0.2, 0) is 14.3 Å². The number of carbonyl (C=O) groups excluding carboxylic acids is 2. The van der Waals surface area contributed by atoms with Crippen molar-refractivity contribution in [1.82, 2.24) is 5.32 Å². The molecule has 0 aromatic heterocycles. The van der Waals surface area contributed by atoms with Crippen molar-refractivity contribution in [2.24, 2.45) is 0 Å². The fourth-order valence-corrected chi connectivity index (χ4v) is 8.03. The molecule has 3 atom stereocenters. The number of unbranched alkanes of at least 4 members (excludes halogenated alkanes) is 30. The van der Waals surface area contributed by atoms with Gasteiger partial charge < -0.3 is 20.3 Å². The van der Waals surface area contributed by atoms with Crippen molar-refractivity contribution in [1.29, 1.82) is 0 Å². The predicted octanol–water partition coefficient (Wildman–Crippen LogP) is 15.8. The number of aliphatic hydroxyl groups excluding tert-OH is 2. The minimum Gasteiger partial charge on any atom is -0.462 e. The number of hydrogen-bond acceptors (Lipinski definition) is 5. The Balaban J connectivity index is 4.58. The number of amides is 1. The predicted molar refractivity (Wildman–Crippen MR) is 264 cm³/mol. The topological polar surface area (TPSA) is 95.9 Å². The third kappa shape index (κ3) is 44.2. The van der Waals surface area contributed by atoms with E-state index in [1.165, 1.54) is 154 Å². The van der Waals surface area contributed by atoms with Crippen molar-refractivity contribution in [3.63, 3.8) is 0 Å². The maximum absolute atomic E-state index is 13.2. The molecule has 0 saturated heterocycles. The van der Waals surface area contributed by atoms with Crippen LogP contribution in [0.3, 0.4) is 0 Å². The van der Waals surface area contributed by atoms with Crippen molar-refractivity contribution in [2.45, 2.75) is 283 Å². The molecule has 0 bridgehead atoms. The quantitative estimate of drug-likeness (QED) is 0.0322. The van der Waals surface area contributed by atoms with Crippen LogP contribution < -0.4 is 5.32 Å². The monoisotopic (exact) mass is 856 g/mol. The van der Waals surface area contributed by atoms with Gasteiger partial charge in [-0.05, 0) is 44.9 Å². The first-order chi connectivity index (χ1) is 30.0. The fourth-order valence-electron chi connectivity index (χ4n) is 8.03. The van der Waals surface area contributed by atoms with Gasteiger partial charge in [-0.3, -0.25) is 9.59 Å². The van der Waals surface area contributed by atoms with E-state index >= 15 is 0 Å². The molecule has 0 aliphatic rings. The standard InChI is InChI=1S/C55H101NO5/c1-4-7-10-13-16-19-22-25-27-30-32-35-38-41-44-47-53(58)52(50-57)56-54(59)49-51(46-43-40-37-34-31-29-26-23-20-17-14-11-8-5-2)61-55(60)48-45-42-39-36-33-28-24-21-18-15-12-9-6-3/h9,12,15,18,21,24,28,33,51-53,57-58H,4-8,10-11,13-14,16-17,19-20,22-23,25-27,29-32,34-50H2,1-3H3,(H,56,59)/b12-9+,18-15+,24-21-,33-28-. The molecular formula is C55H101NO5. The summed E-state index contributed by atoms with van der Waals surface area (Å²) in [6.07, 6.45) is 58.8. The Morgan fingerprint density at radius 1 is 0.492 bits per heavy atom. The average molecular weight is 856 g/mol. The molecule has 6 nitrogen and oxygen atoms in total. The first-order valence-electron chi connectivity index (χ1n) is 26.4. The molecule has 6 heteroatoms. The van der Waals surface area contributed by atoms with E-state index in [1.54, 1.807) is 0 Å². The lowest BCUT2D eigenvalue weighted by molar-refractivity contribution is -0.151. The van der Waals surface area contributed by atoms with Gasteiger partial charge in [-0.25, -0.2) is 0 Å². The molecule has 0 saturated carbocycles. The number of rotatable bonds is 47. The molecule has 0 aliphatic carbocycles. The van der Waals surface area contributed by atoms with Crippen LogP contribution in [0.1, 0.15) is 265 Å². The molecular weight excluding hydrogens is 755 g/mol. The van der Waals surface area contributed by atoms with E-state index in [0.29, 0.717) is 19.3 Å². The van der Waals surface area contributed by atoms with E-state index in [4.69, 9.17) is 4.74 Å². The summed E-state index contributed by atoms with van der Waals surface area (Å²) in [5.41, 5.74) is 0. The zero-order chi connectivity index (χ0) is 44.5. The van der Waals surface area contributed by atoms with E-state index in [-0.39, 0.29) is 24.9 Å². The molecule has 0 fully saturated rings. The highest BCUT2D eigenvalue weighted by atomic mass is 16.5. The molecule has 0 rings (SSSR count). The Kier molecular flexibility index (Phi) is 47.1. The molecule has 0 heterocycles. The summed E-state index contributed by atoms with van der Waals surface area (Å²) >= 11 is 0. The fraction of sp³-hybridized carbons (Fsp3) is 0.818. The third-order valence-electron chi connectivity index (χ3n) is 12.0. The van der Waals surface area contributed by atoms with E-state index < -0.39 is 18.2 Å². The van der Waals surface area contributed by atoms with Gasteiger partial charge in [0.1, 0.15) is 6.10 Å². The smallest absolute Gasteiger partial charge is 0.306 e. The lowest BCUT2D eigenvalue weighted by Crippen LogP contribution is -2.46. The minimum absolute atomic E-state index is 0.0642. The second kappa shape index (κ2) is 48.8. The Morgan fingerprint density at radius 3 is 1.33 bits per heavy atom. The van der Waals surface area contributed by atoms with Gasteiger partial charge in [-0.2, -0.15) is 0 Å². The van der Waals surface area contributed by atoms with Crippen molar-refractivity contribution in [2.75, 3.05) is 6.61 Å². The summed E-state index contributed by atoms with van der Waals surface area (Å²) in [4.78, 5) is 26.1. The third-order valence-corrected chi connectivity index (χ3v) is 12.0. The number of carbonyl (C=O) groups is 2. The first kappa shape index (κ1) is 58.8. The number of hydrogen-bond donors (Lipinski definition) is 3. The van der Waals surface area contributed by atoms with E-state index in [2.05, 4.69) is 50.4 Å². The lowest BCUT2D eigenvalue weighted by atomic mass is 10.0. The van der Waals surface area contributed by atoms with Crippen LogP contribution in [0.4, 0.5) is 0 Å². The summed E-state index contributed by atoms with van der Waals surface area (Å²) < 4.78 is 5.92. The highest BCUT2D eigenvalue weighted by Crippen LogP contribution is 2.18. The highest BCUT2D eigenvalue weighted by molar-refractivity contribution is 5.77. The maximum Gasteiger partial charge on any atom is 0.306 e. The molecule has 356 valence electrons. The Morgan fingerprint density at radius 2 is 0.885 bits per heavy atom. The van der Waals surface area contributed by atoms with Gasteiger partial charge in [0.05, 0.1) is 25.2 Å². The van der Waals surface area contributed by atoms with Crippen LogP contribution in [0.5, 0.6) is 0 Å². The van der Waals surface area contributed by atoms with Crippen LogP contribution in [0.2, 0.25) is 0 Å². The van der Waals surface area contributed by atoms with Gasteiger partial charge in [0.25, 0.3) is 0 Å². The van der Waals surface area contributed by atoms with E-state index in [0.717, 1.165) is 64.2 Å². The molecule has 0 spiro atoms. The van der Waals surface area contributed by atoms with Gasteiger partial charge >= 0.3 is 5.97 Å². The van der Waals surface area contributed by atoms with Gasteiger partial charge in [0, 0.05) is 6.42 Å². The second-order valence-corrected chi connectivity index (χ2v) is 18.0. The summed E-state index contributed by atoms with van der Waals surface area (Å²) in [7, 11) is 0. The largest absolute Gasteiger partial charge is 0.462 e. The van der Waals surface area contributed by atoms with Crippen LogP contribution in [0.15, 0.2) is 48.6 Å². The SMILES string of the molecule is CC/C=C/C=C/C=C\C=C/CCCCCC(=O)OC(CCCCCCCCCCCCCCCC)CC(=O)NC(CO)C(O)CCCCCCCCCCCCCCCCC. The number of aliphatic hydroxyl groups is 2. The normalized spacial score (nSPS) is 13.6. The minimum atomic E-state index is -0.793. The van der Waals surface area contributed by atoms with Gasteiger partial charge in [0.15, 0.2) is 0 Å². The van der Waals surface area contributed by atoms with Crippen LogP contribution >= 0.6 is 0 Å². The first-order valence-corrected chi connectivity index (χ1v) is 26.4. The van der Waals surface area contributed by atoms with Gasteiger partial charge in [-0.1, -0.05) is 256 Å². The number of allylic oxidation sites excluding steroid dienone is 8. The van der Waals surface area contributed by atoms with Gasteiger partial charge in [0.2, 0.25) is 5.91 Å². The second-order valence-electron chi connectivity index (χ2n) is 18.0. The molecule has 61 heavy (non-hydrogen) atoms. The summed E-state index contributed by atoms with van der Waals surface area (Å²) in [5.74, 6) is -0.510. The van der Waals surface area contributed by atoms with Crippen molar-refractivity contribution < 1.29 is 24.5 Å². The molecule has 0 aromatic rings. The Hall–Kier alpha value is -2.18. The zero-order valence-corrected chi connectivity index (χ0v) is 40.5. The van der Waals surface area contributed by atoms with Crippen molar-refractivity contribution in [3.05, 3.63) is 48.6 Å². The average Bonchev–Trinajstić information content (AvgIpc) is 3.25. The highest BCUT2D eigenvalue weighted by Gasteiger charge is 2.24. The molecule has 0 aromatic carbocycles. The Bertz CT molecular complexity index is 1050. The molecule has 0 radical (unpaired) electrons. The molecule has 0 aliphatic heterocycles. The zero-order valence-electron chi connectivity index (χ0n) is 40.5. The van der Waals surface area contributed by atoms with Crippen LogP contribution in [-0.4, -0.2) is 46.9 Å². The molecule has 3 unspecified atom stereocenters. The summed E-state index contributed by atoms with van der Waals surface area (Å²) in [6.45, 7) is 6.35. The van der Waals surface area contributed by atoms with Gasteiger partial charge in [-0.15, -0.1) is 0 Å². The Labute approximate surface area is 378 Å². The maximum atomic E-state index is 13.2. The number of nitrogens with one attached hydrogen (secondary N) is 1. The number of ether oxygens (including phenoxy) is 1. The molecule has 1 amide bonds. The summed E-state index contributed by atoms with van der Waals surface area (Å²) in [6, 6.07) is -0.708. The van der Waals surface area contributed by atoms with Crippen LogP contribution in [0.25, 0.3) is 0 Å².